The summed E-state index contributed by atoms with van der Waals surface area (Å²) >= 11 is 8.94. The van der Waals surface area contributed by atoms with Crippen LogP contribution in [-0.2, 0) is 5.88 Å². The number of rotatable bonds is 1. The summed E-state index contributed by atoms with van der Waals surface area (Å²) in [5.74, 6) is 0.438. The average molecular weight is 327 g/mol. The van der Waals surface area contributed by atoms with E-state index in [2.05, 4.69) is 0 Å². The molecule has 1 aromatic heterocycles. The zero-order valence-electron chi connectivity index (χ0n) is 6.48. The molecule has 0 aliphatic heterocycles. The van der Waals surface area contributed by atoms with Crippen LogP contribution < -0.4 is 0 Å². The standard InChI is InChI=1S/C9H5ClFIS/c10-4-5-2-1-3-6-7(12)9(11)13-8(5)6/h1-3H,4H2. The predicted molar refractivity (Wildman–Crippen MR) is 64.1 cm³/mol. The molecule has 0 radical (unpaired) electrons. The SMILES string of the molecule is Fc1sc2c(CCl)cccc2c1I. The van der Waals surface area contributed by atoms with Crippen molar-refractivity contribution in [2.45, 2.75) is 5.88 Å². The average Bonchev–Trinajstić information content (AvgIpc) is 2.43. The molecule has 0 spiro atoms. The Morgan fingerprint density at radius 2 is 2.23 bits per heavy atom. The van der Waals surface area contributed by atoms with Crippen LogP contribution in [-0.4, -0.2) is 0 Å². The number of alkyl halides is 1. The van der Waals surface area contributed by atoms with Crippen LogP contribution in [0, 0.1) is 8.70 Å². The maximum atomic E-state index is 13.2. The van der Waals surface area contributed by atoms with Gasteiger partial charge in [0.15, 0.2) is 5.13 Å². The molecule has 1 aromatic carbocycles. The van der Waals surface area contributed by atoms with E-state index in [-0.39, 0.29) is 5.13 Å². The molecule has 4 heteroatoms. The molecule has 0 nitrogen and oxygen atoms in total. The fourth-order valence-electron chi connectivity index (χ4n) is 1.22. The van der Waals surface area contributed by atoms with Crippen LogP contribution >= 0.6 is 45.5 Å². The molecule has 0 bridgehead atoms. The lowest BCUT2D eigenvalue weighted by atomic mass is 10.2. The molecule has 0 aliphatic carbocycles. The quantitative estimate of drug-likeness (QED) is 0.539. The first-order valence-electron chi connectivity index (χ1n) is 3.65. The molecule has 13 heavy (non-hydrogen) atoms. The lowest BCUT2D eigenvalue weighted by Crippen LogP contribution is -1.76. The monoisotopic (exact) mass is 326 g/mol. The summed E-state index contributed by atoms with van der Waals surface area (Å²) in [7, 11) is 0. The Bertz CT molecular complexity index is 452. The molecule has 0 amide bonds. The third-order valence-electron chi connectivity index (χ3n) is 1.84. The second-order valence-electron chi connectivity index (χ2n) is 2.62. The third kappa shape index (κ3) is 1.57. The van der Waals surface area contributed by atoms with Crippen LogP contribution in [0.4, 0.5) is 4.39 Å². The van der Waals surface area contributed by atoms with Gasteiger partial charge in [-0.25, -0.2) is 0 Å². The van der Waals surface area contributed by atoms with Gasteiger partial charge in [0.05, 0.1) is 3.57 Å². The van der Waals surface area contributed by atoms with Crippen molar-refractivity contribution >= 4 is 55.6 Å². The highest BCUT2D eigenvalue weighted by molar-refractivity contribution is 14.1. The van der Waals surface area contributed by atoms with Gasteiger partial charge in [-0.15, -0.1) is 22.9 Å². The largest absolute Gasteiger partial charge is 0.194 e. The second kappa shape index (κ2) is 3.71. The van der Waals surface area contributed by atoms with Crippen molar-refractivity contribution in [3.63, 3.8) is 0 Å². The van der Waals surface area contributed by atoms with Gasteiger partial charge in [-0.05, 0) is 28.2 Å². The van der Waals surface area contributed by atoms with Crippen molar-refractivity contribution in [1.29, 1.82) is 0 Å². The van der Waals surface area contributed by atoms with E-state index in [0.29, 0.717) is 9.45 Å². The van der Waals surface area contributed by atoms with Crippen molar-refractivity contribution < 1.29 is 4.39 Å². The fraction of sp³-hybridized carbons (Fsp3) is 0.111. The van der Waals surface area contributed by atoms with Crippen LogP contribution in [0.2, 0.25) is 0 Å². The third-order valence-corrected chi connectivity index (χ3v) is 4.62. The molecule has 2 rings (SSSR count). The summed E-state index contributed by atoms with van der Waals surface area (Å²) in [6.07, 6.45) is 0. The van der Waals surface area contributed by atoms with Gasteiger partial charge in [-0.2, -0.15) is 4.39 Å². The zero-order valence-corrected chi connectivity index (χ0v) is 10.2. The normalized spacial score (nSPS) is 11.0. The number of benzene rings is 1. The molecule has 0 aliphatic rings. The van der Waals surface area contributed by atoms with Gasteiger partial charge in [0, 0.05) is 16.0 Å². The minimum absolute atomic E-state index is 0.117. The Kier molecular flexibility index (Phi) is 2.76. The fourth-order valence-corrected chi connectivity index (χ4v) is 3.42. The van der Waals surface area contributed by atoms with Crippen molar-refractivity contribution in [1.82, 2.24) is 0 Å². The number of halogens is 3. The first-order valence-corrected chi connectivity index (χ1v) is 6.08. The first kappa shape index (κ1) is 9.68. The summed E-state index contributed by atoms with van der Waals surface area (Å²) in [4.78, 5) is 0. The van der Waals surface area contributed by atoms with Crippen LogP contribution in [0.25, 0.3) is 10.1 Å². The maximum Gasteiger partial charge on any atom is 0.190 e. The smallest absolute Gasteiger partial charge is 0.190 e. The lowest BCUT2D eigenvalue weighted by Gasteiger charge is -1.95. The first-order chi connectivity index (χ1) is 6.24. The highest BCUT2D eigenvalue weighted by Gasteiger charge is 2.11. The van der Waals surface area contributed by atoms with Crippen LogP contribution in [0.3, 0.4) is 0 Å². The zero-order chi connectivity index (χ0) is 9.42. The summed E-state index contributed by atoms with van der Waals surface area (Å²) < 4.78 is 14.9. The Morgan fingerprint density at radius 3 is 2.92 bits per heavy atom. The van der Waals surface area contributed by atoms with Crippen LogP contribution in [0.5, 0.6) is 0 Å². The highest BCUT2D eigenvalue weighted by Crippen LogP contribution is 2.33. The molecule has 0 N–H and O–H groups in total. The van der Waals surface area contributed by atoms with E-state index >= 15 is 0 Å². The lowest BCUT2D eigenvalue weighted by molar-refractivity contribution is 0.652. The van der Waals surface area contributed by atoms with Gasteiger partial charge in [-0.3, -0.25) is 0 Å². The van der Waals surface area contributed by atoms with Gasteiger partial charge in [0.25, 0.3) is 0 Å². The molecule has 2 aromatic rings. The Balaban J connectivity index is 2.84. The van der Waals surface area contributed by atoms with Crippen LogP contribution in [0.15, 0.2) is 18.2 Å². The maximum absolute atomic E-state index is 13.2. The van der Waals surface area contributed by atoms with Gasteiger partial charge in [0.1, 0.15) is 0 Å². The van der Waals surface area contributed by atoms with Gasteiger partial charge in [0.2, 0.25) is 0 Å². The summed E-state index contributed by atoms with van der Waals surface area (Å²) in [5, 5.41) is 0.856. The van der Waals surface area contributed by atoms with E-state index in [4.69, 9.17) is 11.6 Å². The number of hydrogen-bond donors (Lipinski definition) is 0. The van der Waals surface area contributed by atoms with Crippen molar-refractivity contribution in [3.8, 4) is 0 Å². The van der Waals surface area contributed by atoms with Gasteiger partial charge >= 0.3 is 0 Å². The Morgan fingerprint density at radius 1 is 1.46 bits per heavy atom. The van der Waals surface area contributed by atoms with E-state index in [1.54, 1.807) is 0 Å². The Hall–Kier alpha value is 0.130. The highest BCUT2D eigenvalue weighted by atomic mass is 127. The summed E-state index contributed by atoms with van der Waals surface area (Å²) in [6.45, 7) is 0. The van der Waals surface area contributed by atoms with Crippen molar-refractivity contribution in [2.24, 2.45) is 0 Å². The topological polar surface area (TPSA) is 0 Å². The second-order valence-corrected chi connectivity index (χ2v) is 4.93. The molecule has 0 unspecified atom stereocenters. The van der Waals surface area contributed by atoms with Crippen molar-refractivity contribution in [2.75, 3.05) is 0 Å². The van der Waals surface area contributed by atoms with Crippen LogP contribution in [0.1, 0.15) is 5.56 Å². The summed E-state index contributed by atoms with van der Waals surface area (Å²) in [6, 6.07) is 5.77. The molecule has 68 valence electrons. The van der Waals surface area contributed by atoms with Gasteiger partial charge in [-0.1, -0.05) is 18.2 Å². The molecule has 0 saturated heterocycles. The molecule has 0 saturated carbocycles. The van der Waals surface area contributed by atoms with E-state index < -0.39 is 0 Å². The van der Waals surface area contributed by atoms with Crippen molar-refractivity contribution in [3.05, 3.63) is 32.5 Å². The number of fused-ring (bicyclic) bond motifs is 1. The van der Waals surface area contributed by atoms with E-state index in [9.17, 15) is 4.39 Å². The molecule has 0 fully saturated rings. The van der Waals surface area contributed by atoms with E-state index in [0.717, 1.165) is 15.6 Å². The molecule has 1 heterocycles. The van der Waals surface area contributed by atoms with E-state index in [1.165, 1.54) is 11.3 Å². The molecular formula is C9H5ClFIS. The van der Waals surface area contributed by atoms with E-state index in [1.807, 2.05) is 40.8 Å². The number of thiophene rings is 1. The summed E-state index contributed by atoms with van der Waals surface area (Å²) in [5.41, 5.74) is 1.01. The predicted octanol–water partition coefficient (Wildman–Crippen LogP) is 4.38. The minimum Gasteiger partial charge on any atom is -0.194 e. The molecule has 0 atom stereocenters. The molecular weight excluding hydrogens is 322 g/mol. The Labute approximate surface area is 97.8 Å². The minimum atomic E-state index is -0.117. The van der Waals surface area contributed by atoms with Gasteiger partial charge < -0.3 is 0 Å². The number of hydrogen-bond acceptors (Lipinski definition) is 1.